The summed E-state index contributed by atoms with van der Waals surface area (Å²) in [5.41, 5.74) is 1.24. The van der Waals surface area contributed by atoms with Crippen LogP contribution in [0.2, 0.25) is 5.02 Å². The van der Waals surface area contributed by atoms with E-state index in [9.17, 15) is 18.3 Å². The summed E-state index contributed by atoms with van der Waals surface area (Å²) < 4.78 is 25.5. The molecule has 0 saturated carbocycles. The summed E-state index contributed by atoms with van der Waals surface area (Å²) in [5.74, 6) is -0.127. The van der Waals surface area contributed by atoms with Gasteiger partial charge in [0.05, 0.1) is 12.2 Å². The third-order valence-corrected chi connectivity index (χ3v) is 5.61. The third-order valence-electron chi connectivity index (χ3n) is 4.11. The van der Waals surface area contributed by atoms with Crippen molar-refractivity contribution in [2.75, 3.05) is 25.0 Å². The van der Waals surface area contributed by atoms with Crippen LogP contribution >= 0.6 is 11.6 Å². The van der Waals surface area contributed by atoms with Crippen LogP contribution in [-0.2, 0) is 14.8 Å². The van der Waals surface area contributed by atoms with Gasteiger partial charge in [0.1, 0.15) is 5.75 Å². The molecule has 1 heterocycles. The van der Waals surface area contributed by atoms with Crippen LogP contribution in [0.5, 0.6) is 5.75 Å². The number of carbonyl (C=O) groups is 1. The number of rotatable bonds is 6. The fourth-order valence-corrected chi connectivity index (χ4v) is 3.58. The van der Waals surface area contributed by atoms with E-state index in [0.29, 0.717) is 36.6 Å². The van der Waals surface area contributed by atoms with Crippen LogP contribution in [0.1, 0.15) is 18.4 Å². The van der Waals surface area contributed by atoms with Crippen molar-refractivity contribution in [3.8, 4) is 5.75 Å². The van der Waals surface area contributed by atoms with Gasteiger partial charge in [-0.1, -0.05) is 18.2 Å². The van der Waals surface area contributed by atoms with Crippen molar-refractivity contribution >= 4 is 33.2 Å². The largest absolute Gasteiger partial charge is 0.506 e. The SMILES string of the molecule is C=CS(=O)(=O)NC1CCN(C(=O)CNc2cc(C)c(Cl)cc2O)CC1. The molecule has 0 aromatic heterocycles. The number of anilines is 1. The van der Waals surface area contributed by atoms with Crippen molar-refractivity contribution in [1.29, 1.82) is 0 Å². The number of nitrogens with zero attached hydrogens (tertiary/aromatic N) is 1. The molecule has 7 nitrogen and oxygen atoms in total. The molecule has 1 fully saturated rings. The Morgan fingerprint density at radius 3 is 2.68 bits per heavy atom. The van der Waals surface area contributed by atoms with Crippen molar-refractivity contribution in [3.63, 3.8) is 0 Å². The zero-order valence-corrected chi connectivity index (χ0v) is 15.5. The van der Waals surface area contributed by atoms with Gasteiger partial charge in [0.15, 0.2) is 0 Å². The van der Waals surface area contributed by atoms with Gasteiger partial charge >= 0.3 is 0 Å². The van der Waals surface area contributed by atoms with Crippen LogP contribution < -0.4 is 10.0 Å². The van der Waals surface area contributed by atoms with E-state index in [2.05, 4.69) is 16.6 Å². The number of piperidine rings is 1. The molecule has 2 rings (SSSR count). The molecule has 1 aliphatic heterocycles. The van der Waals surface area contributed by atoms with Crippen molar-refractivity contribution in [3.05, 3.63) is 34.7 Å². The Hall–Kier alpha value is -1.77. The predicted octanol–water partition coefficient (Wildman–Crippen LogP) is 1.82. The Labute approximate surface area is 152 Å². The number of carbonyl (C=O) groups excluding carboxylic acids is 1. The fraction of sp³-hybridized carbons (Fsp3) is 0.438. The van der Waals surface area contributed by atoms with Gasteiger partial charge < -0.3 is 15.3 Å². The molecule has 1 aromatic rings. The Balaban J connectivity index is 1.85. The van der Waals surface area contributed by atoms with E-state index >= 15 is 0 Å². The Kier molecular flexibility index (Phi) is 6.31. The number of hydrogen-bond acceptors (Lipinski definition) is 5. The molecule has 1 saturated heterocycles. The lowest BCUT2D eigenvalue weighted by atomic mass is 10.1. The summed E-state index contributed by atoms with van der Waals surface area (Å²) in [4.78, 5) is 14.0. The molecule has 1 aliphatic rings. The van der Waals surface area contributed by atoms with Crippen molar-refractivity contribution in [2.45, 2.75) is 25.8 Å². The molecule has 0 aliphatic carbocycles. The molecular weight excluding hydrogens is 366 g/mol. The molecule has 1 amide bonds. The second-order valence-corrected chi connectivity index (χ2v) is 8.02. The number of benzene rings is 1. The highest BCUT2D eigenvalue weighted by atomic mass is 35.5. The van der Waals surface area contributed by atoms with Gasteiger partial charge in [0.2, 0.25) is 15.9 Å². The molecule has 0 spiro atoms. The molecular formula is C16H22ClN3O4S. The number of phenols is 1. The molecule has 0 unspecified atom stereocenters. The lowest BCUT2D eigenvalue weighted by molar-refractivity contribution is -0.130. The van der Waals surface area contributed by atoms with E-state index in [1.165, 1.54) is 6.07 Å². The number of sulfonamides is 1. The number of phenolic OH excluding ortho intramolecular Hbond substituents is 1. The standard InChI is InChI=1S/C16H22ClN3O4S/c1-3-25(23,24)19-12-4-6-20(7-5-12)16(22)10-18-14-8-11(2)13(17)9-15(14)21/h3,8-9,12,18-19,21H,1,4-7,10H2,2H3. The first kappa shape index (κ1) is 19.6. The summed E-state index contributed by atoms with van der Waals surface area (Å²) in [6.07, 6.45) is 1.09. The molecule has 9 heteroatoms. The third kappa shape index (κ3) is 5.35. The summed E-state index contributed by atoms with van der Waals surface area (Å²) in [6, 6.07) is 2.92. The lowest BCUT2D eigenvalue weighted by Crippen LogP contribution is -2.47. The lowest BCUT2D eigenvalue weighted by Gasteiger charge is -2.32. The van der Waals surface area contributed by atoms with Crippen LogP contribution in [-0.4, -0.2) is 50.0 Å². The Morgan fingerprint density at radius 1 is 1.44 bits per heavy atom. The quantitative estimate of drug-likeness (QED) is 0.647. The van der Waals surface area contributed by atoms with Gasteiger partial charge in [-0.25, -0.2) is 13.1 Å². The number of nitrogens with one attached hydrogen (secondary N) is 2. The van der Waals surface area contributed by atoms with Crippen LogP contribution in [0, 0.1) is 6.92 Å². The van der Waals surface area contributed by atoms with Crippen molar-refractivity contribution in [2.24, 2.45) is 0 Å². The second-order valence-electron chi connectivity index (χ2n) is 5.96. The van der Waals surface area contributed by atoms with Gasteiger partial charge in [0.25, 0.3) is 0 Å². The van der Waals surface area contributed by atoms with Gasteiger partial charge in [-0.15, -0.1) is 0 Å². The highest BCUT2D eigenvalue weighted by Crippen LogP contribution is 2.29. The van der Waals surface area contributed by atoms with Gasteiger partial charge in [-0.3, -0.25) is 4.79 Å². The van der Waals surface area contributed by atoms with Crippen LogP contribution in [0.25, 0.3) is 0 Å². The first-order valence-corrected chi connectivity index (χ1v) is 9.80. The first-order valence-electron chi connectivity index (χ1n) is 7.87. The number of halogens is 1. The first-order chi connectivity index (χ1) is 11.7. The molecule has 3 N–H and O–H groups in total. The maximum absolute atomic E-state index is 12.3. The monoisotopic (exact) mass is 387 g/mol. The van der Waals surface area contributed by atoms with Crippen molar-refractivity contribution < 1.29 is 18.3 Å². The Bertz CT molecular complexity index is 759. The highest BCUT2D eigenvalue weighted by molar-refractivity contribution is 7.92. The number of aromatic hydroxyl groups is 1. The highest BCUT2D eigenvalue weighted by Gasteiger charge is 2.24. The van der Waals surface area contributed by atoms with E-state index in [1.807, 2.05) is 6.92 Å². The van der Waals surface area contributed by atoms with Gasteiger partial charge in [0, 0.05) is 35.6 Å². The number of hydrogen-bond donors (Lipinski definition) is 3. The van der Waals surface area contributed by atoms with E-state index in [4.69, 9.17) is 11.6 Å². The summed E-state index contributed by atoms with van der Waals surface area (Å²) >= 11 is 5.92. The average Bonchev–Trinajstić information content (AvgIpc) is 2.57. The van der Waals surface area contributed by atoms with Gasteiger partial charge in [-0.05, 0) is 31.4 Å². The van der Waals surface area contributed by atoms with Crippen LogP contribution in [0.4, 0.5) is 5.69 Å². The van der Waals surface area contributed by atoms with E-state index in [1.54, 1.807) is 11.0 Å². The summed E-state index contributed by atoms with van der Waals surface area (Å²) in [7, 11) is -3.46. The number of amides is 1. The molecule has 138 valence electrons. The molecule has 0 bridgehead atoms. The molecule has 25 heavy (non-hydrogen) atoms. The maximum Gasteiger partial charge on any atom is 0.241 e. The second kappa shape index (κ2) is 8.07. The van der Waals surface area contributed by atoms with Gasteiger partial charge in [-0.2, -0.15) is 0 Å². The topological polar surface area (TPSA) is 98.7 Å². The maximum atomic E-state index is 12.3. The molecule has 0 atom stereocenters. The predicted molar refractivity (Wildman–Crippen MR) is 98.2 cm³/mol. The van der Waals surface area contributed by atoms with E-state index in [0.717, 1.165) is 11.0 Å². The minimum absolute atomic E-state index is 0.0130. The van der Waals surface area contributed by atoms with E-state index in [-0.39, 0.29) is 24.2 Å². The number of aryl methyl sites for hydroxylation is 1. The fourth-order valence-electron chi connectivity index (χ4n) is 2.62. The van der Waals surface area contributed by atoms with Crippen LogP contribution in [0.3, 0.4) is 0 Å². The summed E-state index contributed by atoms with van der Waals surface area (Å²) in [5, 5.41) is 14.1. The number of likely N-dealkylation sites (tertiary alicyclic amines) is 1. The zero-order valence-electron chi connectivity index (χ0n) is 14.0. The minimum Gasteiger partial charge on any atom is -0.506 e. The van der Waals surface area contributed by atoms with Crippen LogP contribution in [0.15, 0.2) is 24.1 Å². The zero-order chi connectivity index (χ0) is 18.6. The van der Waals surface area contributed by atoms with E-state index < -0.39 is 10.0 Å². The summed E-state index contributed by atoms with van der Waals surface area (Å²) in [6.45, 7) is 6.05. The minimum atomic E-state index is -3.46. The molecule has 0 radical (unpaired) electrons. The van der Waals surface area contributed by atoms with Crippen molar-refractivity contribution in [1.82, 2.24) is 9.62 Å². The average molecular weight is 388 g/mol. The normalized spacial score (nSPS) is 15.8. The Morgan fingerprint density at radius 2 is 2.08 bits per heavy atom. The molecule has 1 aromatic carbocycles. The smallest absolute Gasteiger partial charge is 0.241 e.